The normalized spacial score (nSPS) is 12.1. The maximum atomic E-state index is 5.59. The highest BCUT2D eigenvalue weighted by atomic mass is 16.5. The SMILES string of the molecule is CC(C)(C)CCC#CCCCOCC(C)(C)C. The summed E-state index contributed by atoms with van der Waals surface area (Å²) in [4.78, 5) is 0. The first kappa shape index (κ1) is 16.5. The third-order valence-electron chi connectivity index (χ3n) is 2.25. The summed E-state index contributed by atoms with van der Waals surface area (Å²) >= 11 is 0. The summed E-state index contributed by atoms with van der Waals surface area (Å²) in [5.41, 5.74) is 0.683. The Balaban J connectivity index is 3.38. The number of unbranched alkanes of at least 4 members (excludes halogenated alkanes) is 1. The summed E-state index contributed by atoms with van der Waals surface area (Å²) < 4.78 is 5.59. The number of rotatable bonds is 5. The van der Waals surface area contributed by atoms with Gasteiger partial charge in [-0.05, 0) is 23.7 Å². The van der Waals surface area contributed by atoms with Gasteiger partial charge in [0.25, 0.3) is 0 Å². The number of hydrogen-bond acceptors (Lipinski definition) is 1. The monoisotopic (exact) mass is 238 g/mol. The van der Waals surface area contributed by atoms with Gasteiger partial charge in [-0.25, -0.2) is 0 Å². The predicted octanol–water partition coefficient (Wildman–Crippen LogP) is 4.66. The van der Waals surface area contributed by atoms with Crippen molar-refractivity contribution in [2.45, 2.75) is 67.2 Å². The van der Waals surface area contributed by atoms with E-state index in [1.807, 2.05) is 0 Å². The summed E-state index contributed by atoms with van der Waals surface area (Å²) in [6, 6.07) is 0. The van der Waals surface area contributed by atoms with Gasteiger partial charge in [0, 0.05) is 19.4 Å². The fraction of sp³-hybridized carbons (Fsp3) is 0.875. The predicted molar refractivity (Wildman–Crippen MR) is 76.0 cm³/mol. The third-order valence-corrected chi connectivity index (χ3v) is 2.25. The molecule has 0 aromatic heterocycles. The smallest absolute Gasteiger partial charge is 0.0514 e. The van der Waals surface area contributed by atoms with Crippen LogP contribution in [0.25, 0.3) is 0 Å². The Morgan fingerprint density at radius 1 is 0.824 bits per heavy atom. The van der Waals surface area contributed by atoms with Crippen molar-refractivity contribution in [2.24, 2.45) is 10.8 Å². The third kappa shape index (κ3) is 15.5. The van der Waals surface area contributed by atoms with Crippen molar-refractivity contribution < 1.29 is 4.74 Å². The molecular weight excluding hydrogens is 208 g/mol. The molecule has 17 heavy (non-hydrogen) atoms. The van der Waals surface area contributed by atoms with Gasteiger partial charge in [0.2, 0.25) is 0 Å². The minimum Gasteiger partial charge on any atom is -0.381 e. The molecule has 0 rings (SSSR count). The van der Waals surface area contributed by atoms with Crippen LogP contribution >= 0.6 is 0 Å². The lowest BCUT2D eigenvalue weighted by atomic mass is 9.91. The maximum Gasteiger partial charge on any atom is 0.0514 e. The quantitative estimate of drug-likeness (QED) is 0.500. The second-order valence-electron chi connectivity index (χ2n) is 7.13. The van der Waals surface area contributed by atoms with E-state index in [1.165, 1.54) is 6.42 Å². The first-order valence-corrected chi connectivity index (χ1v) is 6.74. The Kier molecular flexibility index (Phi) is 7.55. The molecule has 100 valence electrons. The molecule has 0 saturated carbocycles. The van der Waals surface area contributed by atoms with Crippen molar-refractivity contribution in [1.29, 1.82) is 0 Å². The molecule has 1 heteroatoms. The van der Waals surface area contributed by atoms with Crippen LogP contribution in [0.15, 0.2) is 0 Å². The van der Waals surface area contributed by atoms with Gasteiger partial charge in [0.15, 0.2) is 0 Å². The fourth-order valence-electron chi connectivity index (χ4n) is 1.26. The lowest BCUT2D eigenvalue weighted by Gasteiger charge is -2.17. The molecule has 0 amide bonds. The van der Waals surface area contributed by atoms with E-state index in [4.69, 9.17) is 4.74 Å². The van der Waals surface area contributed by atoms with Gasteiger partial charge in [-0.1, -0.05) is 41.5 Å². The fourth-order valence-corrected chi connectivity index (χ4v) is 1.26. The molecule has 0 unspecified atom stereocenters. The van der Waals surface area contributed by atoms with Gasteiger partial charge >= 0.3 is 0 Å². The van der Waals surface area contributed by atoms with E-state index in [1.54, 1.807) is 0 Å². The Morgan fingerprint density at radius 2 is 1.41 bits per heavy atom. The second-order valence-corrected chi connectivity index (χ2v) is 7.13. The average Bonchev–Trinajstić information content (AvgIpc) is 2.11. The van der Waals surface area contributed by atoms with Crippen LogP contribution < -0.4 is 0 Å². The van der Waals surface area contributed by atoms with Crippen molar-refractivity contribution in [3.8, 4) is 11.8 Å². The summed E-state index contributed by atoms with van der Waals surface area (Å²) in [6.07, 6.45) is 4.22. The Bertz CT molecular complexity index is 241. The van der Waals surface area contributed by atoms with Crippen LogP contribution in [0.5, 0.6) is 0 Å². The zero-order valence-electron chi connectivity index (χ0n) is 12.7. The number of hydrogen-bond donors (Lipinski definition) is 0. The zero-order chi connectivity index (χ0) is 13.4. The molecule has 0 spiro atoms. The largest absolute Gasteiger partial charge is 0.381 e. The standard InChI is InChI=1S/C16H30O/c1-15(2,3)12-10-8-7-9-11-13-17-14-16(4,5)6/h9-14H2,1-6H3. The molecular formula is C16H30O. The van der Waals surface area contributed by atoms with E-state index in [0.717, 1.165) is 32.5 Å². The zero-order valence-corrected chi connectivity index (χ0v) is 12.7. The van der Waals surface area contributed by atoms with E-state index in [0.29, 0.717) is 5.41 Å². The molecule has 0 saturated heterocycles. The van der Waals surface area contributed by atoms with Gasteiger partial charge < -0.3 is 4.74 Å². The van der Waals surface area contributed by atoms with E-state index in [-0.39, 0.29) is 5.41 Å². The van der Waals surface area contributed by atoms with Crippen LogP contribution in [0, 0.1) is 22.7 Å². The molecule has 0 aromatic carbocycles. The summed E-state index contributed by atoms with van der Waals surface area (Å²) in [5, 5.41) is 0. The summed E-state index contributed by atoms with van der Waals surface area (Å²) in [6.45, 7) is 15.0. The van der Waals surface area contributed by atoms with Gasteiger partial charge in [0.05, 0.1) is 6.61 Å². The van der Waals surface area contributed by atoms with Gasteiger partial charge in [0.1, 0.15) is 0 Å². The van der Waals surface area contributed by atoms with Crippen molar-refractivity contribution in [3.05, 3.63) is 0 Å². The van der Waals surface area contributed by atoms with Crippen LogP contribution in [0.3, 0.4) is 0 Å². The van der Waals surface area contributed by atoms with E-state index < -0.39 is 0 Å². The van der Waals surface area contributed by atoms with Crippen LogP contribution in [0.2, 0.25) is 0 Å². The van der Waals surface area contributed by atoms with Crippen molar-refractivity contribution in [1.82, 2.24) is 0 Å². The topological polar surface area (TPSA) is 9.23 Å². The van der Waals surface area contributed by atoms with Crippen molar-refractivity contribution >= 4 is 0 Å². The Labute approximate surface area is 108 Å². The number of ether oxygens (including phenoxy) is 1. The van der Waals surface area contributed by atoms with E-state index in [2.05, 4.69) is 53.4 Å². The minimum absolute atomic E-state index is 0.276. The van der Waals surface area contributed by atoms with Crippen LogP contribution in [-0.4, -0.2) is 13.2 Å². The molecule has 0 atom stereocenters. The highest BCUT2D eigenvalue weighted by Gasteiger charge is 2.09. The van der Waals surface area contributed by atoms with Crippen molar-refractivity contribution in [2.75, 3.05) is 13.2 Å². The first-order chi connectivity index (χ1) is 7.71. The van der Waals surface area contributed by atoms with Crippen LogP contribution in [0.4, 0.5) is 0 Å². The summed E-state index contributed by atoms with van der Waals surface area (Å²) in [5.74, 6) is 6.47. The highest BCUT2D eigenvalue weighted by molar-refractivity contribution is 4.99. The van der Waals surface area contributed by atoms with E-state index in [9.17, 15) is 0 Å². The molecule has 0 N–H and O–H groups in total. The van der Waals surface area contributed by atoms with Crippen LogP contribution in [0.1, 0.15) is 67.2 Å². The molecule has 0 aliphatic carbocycles. The van der Waals surface area contributed by atoms with Gasteiger partial charge in [-0.3, -0.25) is 0 Å². The summed E-state index contributed by atoms with van der Waals surface area (Å²) in [7, 11) is 0. The molecule has 0 radical (unpaired) electrons. The molecule has 1 nitrogen and oxygen atoms in total. The molecule has 0 heterocycles. The lowest BCUT2D eigenvalue weighted by Crippen LogP contribution is -2.14. The van der Waals surface area contributed by atoms with Crippen LogP contribution in [-0.2, 0) is 4.74 Å². The molecule has 0 fully saturated rings. The molecule has 0 aliphatic heterocycles. The Hall–Kier alpha value is -0.480. The van der Waals surface area contributed by atoms with Crippen molar-refractivity contribution in [3.63, 3.8) is 0 Å². The van der Waals surface area contributed by atoms with Gasteiger partial charge in [-0.2, -0.15) is 0 Å². The Morgan fingerprint density at radius 3 is 1.94 bits per heavy atom. The second kappa shape index (κ2) is 7.77. The van der Waals surface area contributed by atoms with Gasteiger partial charge in [-0.15, -0.1) is 11.8 Å². The lowest BCUT2D eigenvalue weighted by molar-refractivity contribution is 0.0703. The average molecular weight is 238 g/mol. The highest BCUT2D eigenvalue weighted by Crippen LogP contribution is 2.19. The first-order valence-electron chi connectivity index (χ1n) is 6.74. The minimum atomic E-state index is 0.276. The molecule has 0 bridgehead atoms. The maximum absolute atomic E-state index is 5.59. The molecule has 0 aliphatic rings. The molecule has 0 aromatic rings. The van der Waals surface area contributed by atoms with E-state index >= 15 is 0 Å².